The number of piperidine rings is 1. The molecule has 21 heavy (non-hydrogen) atoms. The lowest BCUT2D eigenvalue weighted by Gasteiger charge is -2.42. The Kier molecular flexibility index (Phi) is 6.06. The average Bonchev–Trinajstić information content (AvgIpc) is 2.46. The summed E-state index contributed by atoms with van der Waals surface area (Å²) in [5.74, 6) is 0.867. The van der Waals surface area contributed by atoms with Gasteiger partial charge in [0.15, 0.2) is 0 Å². The molecule has 1 heterocycles. The van der Waals surface area contributed by atoms with Gasteiger partial charge >= 0.3 is 0 Å². The van der Waals surface area contributed by atoms with E-state index in [0.29, 0.717) is 36.5 Å². The lowest BCUT2D eigenvalue weighted by atomic mass is 9.83. The molecule has 2 aliphatic rings. The van der Waals surface area contributed by atoms with E-state index < -0.39 is 0 Å². The van der Waals surface area contributed by atoms with Gasteiger partial charge in [-0.3, -0.25) is 9.69 Å². The maximum atomic E-state index is 12.7. The molecule has 0 bridgehead atoms. The van der Waals surface area contributed by atoms with Crippen LogP contribution in [0.1, 0.15) is 58.8 Å². The number of amides is 1. The molecule has 2 N–H and O–H groups in total. The van der Waals surface area contributed by atoms with Crippen LogP contribution in [0.15, 0.2) is 0 Å². The van der Waals surface area contributed by atoms with Gasteiger partial charge < -0.3 is 10.6 Å². The Morgan fingerprint density at radius 3 is 2.33 bits per heavy atom. The molecule has 2 fully saturated rings. The van der Waals surface area contributed by atoms with Gasteiger partial charge in [0.05, 0.1) is 6.54 Å². The molecule has 0 aromatic heterocycles. The predicted octanol–water partition coefficient (Wildman–Crippen LogP) is 2.23. The van der Waals surface area contributed by atoms with Gasteiger partial charge in [0.1, 0.15) is 0 Å². The molecular weight excluding hydrogens is 262 g/mol. The number of nitrogens with zero attached hydrogens (tertiary/aromatic N) is 2. The number of hydrogen-bond acceptors (Lipinski definition) is 3. The van der Waals surface area contributed by atoms with Gasteiger partial charge in [-0.05, 0) is 65.5 Å². The van der Waals surface area contributed by atoms with Crippen LogP contribution < -0.4 is 5.73 Å². The smallest absolute Gasteiger partial charge is 0.237 e. The summed E-state index contributed by atoms with van der Waals surface area (Å²) in [5, 5.41) is 0. The van der Waals surface area contributed by atoms with Crippen molar-refractivity contribution in [3.63, 3.8) is 0 Å². The fourth-order valence-electron chi connectivity index (χ4n) is 4.37. The lowest BCUT2D eigenvalue weighted by Crippen LogP contribution is -2.53. The van der Waals surface area contributed by atoms with Crippen molar-refractivity contribution in [3.8, 4) is 0 Å². The SMILES string of the molecule is CC1CCCC(C)N1C(=O)CN(C)C1CCCCC1CN. The number of carbonyl (C=O) groups excluding carboxylic acids is 1. The molecule has 4 nitrogen and oxygen atoms in total. The monoisotopic (exact) mass is 295 g/mol. The first-order valence-electron chi connectivity index (χ1n) is 8.76. The predicted molar refractivity (Wildman–Crippen MR) is 87.1 cm³/mol. The Morgan fingerprint density at radius 1 is 1.10 bits per heavy atom. The molecule has 1 aliphatic carbocycles. The summed E-state index contributed by atoms with van der Waals surface area (Å²) in [4.78, 5) is 17.1. The van der Waals surface area contributed by atoms with Crippen LogP contribution in [0, 0.1) is 5.92 Å². The van der Waals surface area contributed by atoms with Crippen molar-refractivity contribution in [1.82, 2.24) is 9.80 Å². The van der Waals surface area contributed by atoms with Crippen LogP contribution in [0.4, 0.5) is 0 Å². The van der Waals surface area contributed by atoms with E-state index in [0.717, 1.165) is 19.4 Å². The van der Waals surface area contributed by atoms with E-state index in [9.17, 15) is 4.79 Å². The highest BCUT2D eigenvalue weighted by atomic mass is 16.2. The summed E-state index contributed by atoms with van der Waals surface area (Å²) in [5.41, 5.74) is 5.93. The Hall–Kier alpha value is -0.610. The minimum Gasteiger partial charge on any atom is -0.336 e. The average molecular weight is 295 g/mol. The maximum Gasteiger partial charge on any atom is 0.237 e. The summed E-state index contributed by atoms with van der Waals surface area (Å²) in [6.45, 7) is 5.68. The van der Waals surface area contributed by atoms with Crippen molar-refractivity contribution in [3.05, 3.63) is 0 Å². The standard InChI is InChI=1S/C17H33N3O/c1-13-7-6-8-14(2)20(13)17(21)12-19(3)16-10-5-4-9-15(16)11-18/h13-16H,4-12,18H2,1-3H3. The Morgan fingerprint density at radius 2 is 1.71 bits per heavy atom. The van der Waals surface area contributed by atoms with E-state index in [-0.39, 0.29) is 0 Å². The fraction of sp³-hybridized carbons (Fsp3) is 0.941. The Balaban J connectivity index is 1.94. The highest BCUT2D eigenvalue weighted by molar-refractivity contribution is 5.79. The molecule has 0 radical (unpaired) electrons. The van der Waals surface area contributed by atoms with E-state index in [2.05, 4.69) is 30.7 Å². The number of carbonyl (C=O) groups is 1. The summed E-state index contributed by atoms with van der Waals surface area (Å²) in [6, 6.07) is 1.28. The number of rotatable bonds is 4. The molecule has 1 saturated heterocycles. The van der Waals surface area contributed by atoms with Gasteiger partial charge in [-0.2, -0.15) is 0 Å². The van der Waals surface area contributed by atoms with E-state index in [1.807, 2.05) is 0 Å². The largest absolute Gasteiger partial charge is 0.336 e. The van der Waals surface area contributed by atoms with Crippen LogP contribution in [0.3, 0.4) is 0 Å². The summed E-state index contributed by atoms with van der Waals surface area (Å²) >= 11 is 0. The van der Waals surface area contributed by atoms with Crippen molar-refractivity contribution in [2.24, 2.45) is 11.7 Å². The lowest BCUT2D eigenvalue weighted by molar-refractivity contribution is -0.139. The van der Waals surface area contributed by atoms with Gasteiger partial charge in [-0.15, -0.1) is 0 Å². The molecule has 0 spiro atoms. The van der Waals surface area contributed by atoms with Gasteiger partial charge in [0.2, 0.25) is 5.91 Å². The minimum absolute atomic E-state index is 0.304. The second-order valence-corrected chi connectivity index (χ2v) is 7.19. The normalized spacial score (nSPS) is 34.2. The van der Waals surface area contributed by atoms with E-state index in [4.69, 9.17) is 5.73 Å². The van der Waals surface area contributed by atoms with Crippen molar-refractivity contribution in [2.45, 2.75) is 76.9 Å². The first-order chi connectivity index (χ1) is 10.0. The first-order valence-corrected chi connectivity index (χ1v) is 8.76. The third kappa shape index (κ3) is 3.98. The van der Waals surface area contributed by atoms with Gasteiger partial charge in [-0.1, -0.05) is 12.8 Å². The molecular formula is C17H33N3O. The molecule has 1 aliphatic heterocycles. The maximum absolute atomic E-state index is 12.7. The Bertz CT molecular complexity index is 337. The molecule has 0 aromatic carbocycles. The van der Waals surface area contributed by atoms with Gasteiger partial charge in [-0.25, -0.2) is 0 Å². The quantitative estimate of drug-likeness (QED) is 0.865. The number of likely N-dealkylation sites (N-methyl/N-ethyl adjacent to an activating group) is 1. The zero-order chi connectivity index (χ0) is 15.4. The molecule has 2 rings (SSSR count). The van der Waals surface area contributed by atoms with E-state index in [1.165, 1.54) is 32.1 Å². The van der Waals surface area contributed by atoms with Crippen LogP contribution in [-0.2, 0) is 4.79 Å². The van der Waals surface area contributed by atoms with Crippen molar-refractivity contribution in [1.29, 1.82) is 0 Å². The first kappa shape index (κ1) is 16.8. The minimum atomic E-state index is 0.304. The number of hydrogen-bond donors (Lipinski definition) is 1. The highest BCUT2D eigenvalue weighted by Gasteiger charge is 2.32. The third-order valence-electron chi connectivity index (χ3n) is 5.60. The molecule has 122 valence electrons. The molecule has 4 atom stereocenters. The second kappa shape index (κ2) is 7.59. The molecule has 4 unspecified atom stereocenters. The van der Waals surface area contributed by atoms with Crippen LogP contribution in [0.25, 0.3) is 0 Å². The molecule has 4 heteroatoms. The molecule has 0 aromatic rings. The van der Waals surface area contributed by atoms with Gasteiger partial charge in [0, 0.05) is 18.1 Å². The third-order valence-corrected chi connectivity index (χ3v) is 5.60. The zero-order valence-electron chi connectivity index (χ0n) is 14.1. The van der Waals surface area contributed by atoms with Crippen molar-refractivity contribution < 1.29 is 4.79 Å². The Labute approximate surface area is 130 Å². The van der Waals surface area contributed by atoms with E-state index >= 15 is 0 Å². The summed E-state index contributed by atoms with van der Waals surface area (Å²) < 4.78 is 0. The molecule has 1 amide bonds. The van der Waals surface area contributed by atoms with Crippen LogP contribution in [-0.4, -0.2) is 54.0 Å². The number of nitrogens with two attached hydrogens (primary N) is 1. The topological polar surface area (TPSA) is 49.6 Å². The van der Waals surface area contributed by atoms with E-state index in [1.54, 1.807) is 0 Å². The zero-order valence-corrected chi connectivity index (χ0v) is 14.1. The van der Waals surface area contributed by atoms with Crippen molar-refractivity contribution in [2.75, 3.05) is 20.1 Å². The summed E-state index contributed by atoms with van der Waals surface area (Å²) in [7, 11) is 2.11. The van der Waals surface area contributed by atoms with Crippen molar-refractivity contribution >= 4 is 5.91 Å². The van der Waals surface area contributed by atoms with Gasteiger partial charge in [0.25, 0.3) is 0 Å². The van der Waals surface area contributed by atoms with Crippen LogP contribution in [0.2, 0.25) is 0 Å². The second-order valence-electron chi connectivity index (χ2n) is 7.19. The number of likely N-dealkylation sites (tertiary alicyclic amines) is 1. The van der Waals surface area contributed by atoms with Crippen LogP contribution >= 0.6 is 0 Å². The van der Waals surface area contributed by atoms with Crippen LogP contribution in [0.5, 0.6) is 0 Å². The fourth-order valence-corrected chi connectivity index (χ4v) is 4.37. The summed E-state index contributed by atoms with van der Waals surface area (Å²) in [6.07, 6.45) is 8.52. The highest BCUT2D eigenvalue weighted by Crippen LogP contribution is 2.28. The molecule has 1 saturated carbocycles.